The van der Waals surface area contributed by atoms with Crippen molar-refractivity contribution in [2.45, 2.75) is 0 Å². The van der Waals surface area contributed by atoms with Gasteiger partial charge in [-0.3, -0.25) is 9.59 Å². The Labute approximate surface area is 111 Å². The Hall–Kier alpha value is -1.19. The molecule has 0 aliphatic carbocycles. The van der Waals surface area contributed by atoms with E-state index in [-0.39, 0.29) is 52.6 Å². The number of sulfone groups is 1. The van der Waals surface area contributed by atoms with Crippen LogP contribution in [0.5, 0.6) is 0 Å². The van der Waals surface area contributed by atoms with Gasteiger partial charge in [-0.1, -0.05) is 0 Å². The van der Waals surface area contributed by atoms with E-state index in [4.69, 9.17) is 9.47 Å². The van der Waals surface area contributed by atoms with E-state index < -0.39 is 20.3 Å². The second-order valence-electron chi connectivity index (χ2n) is 4.23. The number of hydrogen-bond acceptors (Lipinski definition) is 6. The molecule has 0 aromatic rings. The summed E-state index contributed by atoms with van der Waals surface area (Å²) in [5.74, 6) is 0. The van der Waals surface area contributed by atoms with Gasteiger partial charge in [0, 0.05) is 26.2 Å². The monoisotopic (exact) mass is 292 g/mol. The molecule has 0 spiro atoms. The minimum atomic E-state index is -4.48. The van der Waals surface area contributed by atoms with Crippen molar-refractivity contribution in [3.63, 3.8) is 0 Å². The van der Waals surface area contributed by atoms with E-state index >= 15 is 0 Å². The molecule has 0 bridgehead atoms. The molecule has 9 heteroatoms. The Kier molecular flexibility index (Phi) is 4.38. The molecule has 19 heavy (non-hydrogen) atoms. The first-order valence-electron chi connectivity index (χ1n) is 6.02. The van der Waals surface area contributed by atoms with Crippen LogP contribution in [0.1, 0.15) is 0 Å². The highest BCUT2D eigenvalue weighted by atomic mass is 32.2. The summed E-state index contributed by atoms with van der Waals surface area (Å²) in [6.07, 6.45) is 0. The SMILES string of the molecule is O=C(N1CCOCC1)S(=O)(=O)C(=O)N1CCOCC1. The molecular weight excluding hydrogens is 276 g/mol. The summed E-state index contributed by atoms with van der Waals surface area (Å²) < 4.78 is 34.0. The number of carbonyl (C=O) groups is 2. The molecule has 2 aliphatic rings. The lowest BCUT2D eigenvalue weighted by Crippen LogP contribution is -2.50. The van der Waals surface area contributed by atoms with Crippen LogP contribution in [-0.2, 0) is 19.3 Å². The van der Waals surface area contributed by atoms with E-state index in [0.29, 0.717) is 0 Å². The molecule has 8 nitrogen and oxygen atoms in total. The van der Waals surface area contributed by atoms with Gasteiger partial charge < -0.3 is 19.3 Å². The van der Waals surface area contributed by atoms with Gasteiger partial charge in [-0.05, 0) is 0 Å². The summed E-state index contributed by atoms with van der Waals surface area (Å²) in [5.41, 5.74) is 0. The number of nitrogens with zero attached hydrogens (tertiary/aromatic N) is 2. The molecule has 0 radical (unpaired) electrons. The molecule has 2 heterocycles. The zero-order valence-electron chi connectivity index (χ0n) is 10.4. The summed E-state index contributed by atoms with van der Waals surface area (Å²) in [5, 5.41) is -2.26. The fourth-order valence-electron chi connectivity index (χ4n) is 1.91. The summed E-state index contributed by atoms with van der Waals surface area (Å²) in [7, 11) is -4.48. The Morgan fingerprint density at radius 1 is 0.737 bits per heavy atom. The van der Waals surface area contributed by atoms with E-state index in [9.17, 15) is 18.0 Å². The topological polar surface area (TPSA) is 93.2 Å². The van der Waals surface area contributed by atoms with Crippen molar-refractivity contribution in [3.8, 4) is 0 Å². The molecule has 0 N–H and O–H groups in total. The van der Waals surface area contributed by atoms with Gasteiger partial charge in [0.05, 0.1) is 26.4 Å². The van der Waals surface area contributed by atoms with E-state index in [1.54, 1.807) is 0 Å². The predicted octanol–water partition coefficient (Wildman–Crippen LogP) is -0.694. The smallest absolute Gasteiger partial charge is 0.349 e. The van der Waals surface area contributed by atoms with E-state index in [0.717, 1.165) is 9.80 Å². The second kappa shape index (κ2) is 5.85. The van der Waals surface area contributed by atoms with Crippen LogP contribution in [0.4, 0.5) is 9.59 Å². The molecule has 2 aliphatic heterocycles. The van der Waals surface area contributed by atoms with Crippen molar-refractivity contribution in [2.24, 2.45) is 0 Å². The Morgan fingerprint density at radius 2 is 1.05 bits per heavy atom. The van der Waals surface area contributed by atoms with Crippen LogP contribution in [0.15, 0.2) is 0 Å². The first-order valence-corrected chi connectivity index (χ1v) is 7.50. The maximum absolute atomic E-state index is 12.0. The summed E-state index contributed by atoms with van der Waals surface area (Å²) in [4.78, 5) is 26.1. The zero-order valence-corrected chi connectivity index (χ0v) is 11.2. The number of carbonyl (C=O) groups excluding carboxylic acids is 2. The van der Waals surface area contributed by atoms with Crippen molar-refractivity contribution < 1.29 is 27.5 Å². The molecular formula is C10H16N2O6S. The first kappa shape index (κ1) is 14.2. The van der Waals surface area contributed by atoms with Crippen molar-refractivity contribution >= 4 is 20.3 Å². The molecule has 2 saturated heterocycles. The Morgan fingerprint density at radius 3 is 1.37 bits per heavy atom. The quantitative estimate of drug-likeness (QED) is 0.586. The van der Waals surface area contributed by atoms with Crippen molar-refractivity contribution in [1.29, 1.82) is 0 Å². The molecule has 0 aromatic carbocycles. The molecule has 0 saturated carbocycles. The highest BCUT2D eigenvalue weighted by Crippen LogP contribution is 2.11. The maximum Gasteiger partial charge on any atom is 0.349 e. The van der Waals surface area contributed by atoms with Gasteiger partial charge in [0.2, 0.25) is 0 Å². The standard InChI is InChI=1S/C10H16N2O6S/c13-9(11-1-5-17-6-2-11)19(15,16)10(14)12-3-7-18-8-4-12/h1-8H2. The molecule has 0 atom stereocenters. The summed E-state index contributed by atoms with van der Waals surface area (Å²) in [6.45, 7) is 1.89. The number of ether oxygens (including phenoxy) is 2. The molecule has 0 aromatic heterocycles. The van der Waals surface area contributed by atoms with Crippen LogP contribution >= 0.6 is 0 Å². The zero-order chi connectivity index (χ0) is 13.9. The van der Waals surface area contributed by atoms with E-state index in [2.05, 4.69) is 0 Å². The highest BCUT2D eigenvalue weighted by molar-refractivity contribution is 8.18. The molecule has 2 fully saturated rings. The molecule has 2 rings (SSSR count). The van der Waals surface area contributed by atoms with Gasteiger partial charge >= 0.3 is 20.3 Å². The third-order valence-corrected chi connectivity index (χ3v) is 4.43. The number of morpholine rings is 2. The van der Waals surface area contributed by atoms with Crippen LogP contribution in [0.25, 0.3) is 0 Å². The van der Waals surface area contributed by atoms with Crippen molar-refractivity contribution in [1.82, 2.24) is 9.80 Å². The van der Waals surface area contributed by atoms with Crippen LogP contribution in [-0.4, -0.2) is 81.3 Å². The minimum Gasteiger partial charge on any atom is -0.378 e. The fraction of sp³-hybridized carbons (Fsp3) is 0.800. The minimum absolute atomic E-state index is 0.189. The molecule has 2 amide bonds. The lowest BCUT2D eigenvalue weighted by molar-refractivity contribution is 0.0569. The van der Waals surface area contributed by atoms with E-state index in [1.165, 1.54) is 0 Å². The van der Waals surface area contributed by atoms with Crippen LogP contribution in [0.3, 0.4) is 0 Å². The van der Waals surface area contributed by atoms with Crippen LogP contribution in [0, 0.1) is 0 Å². The second-order valence-corrected chi connectivity index (χ2v) is 5.94. The van der Waals surface area contributed by atoms with Crippen molar-refractivity contribution in [3.05, 3.63) is 0 Å². The first-order chi connectivity index (χ1) is 9.03. The van der Waals surface area contributed by atoms with Gasteiger partial charge in [-0.2, -0.15) is 0 Å². The van der Waals surface area contributed by atoms with Gasteiger partial charge in [0.25, 0.3) is 0 Å². The van der Waals surface area contributed by atoms with Crippen LogP contribution in [0.2, 0.25) is 0 Å². The third-order valence-electron chi connectivity index (χ3n) is 3.00. The van der Waals surface area contributed by atoms with Gasteiger partial charge in [-0.25, -0.2) is 8.42 Å². The average Bonchev–Trinajstić information content (AvgIpc) is 2.47. The predicted molar refractivity (Wildman–Crippen MR) is 64.5 cm³/mol. The largest absolute Gasteiger partial charge is 0.378 e. The molecule has 108 valence electrons. The highest BCUT2D eigenvalue weighted by Gasteiger charge is 2.39. The number of rotatable bonds is 0. The average molecular weight is 292 g/mol. The number of hydrogen-bond donors (Lipinski definition) is 0. The Balaban J connectivity index is 2.07. The van der Waals surface area contributed by atoms with Gasteiger partial charge in [-0.15, -0.1) is 0 Å². The van der Waals surface area contributed by atoms with Crippen molar-refractivity contribution in [2.75, 3.05) is 52.6 Å². The van der Waals surface area contributed by atoms with Gasteiger partial charge in [0.1, 0.15) is 0 Å². The number of amides is 2. The van der Waals surface area contributed by atoms with E-state index in [1.807, 2.05) is 0 Å². The summed E-state index contributed by atoms with van der Waals surface area (Å²) >= 11 is 0. The summed E-state index contributed by atoms with van der Waals surface area (Å²) in [6, 6.07) is 0. The van der Waals surface area contributed by atoms with Crippen LogP contribution < -0.4 is 0 Å². The third kappa shape index (κ3) is 3.04. The fourth-order valence-corrected chi connectivity index (χ4v) is 3.10. The maximum atomic E-state index is 12.0. The van der Waals surface area contributed by atoms with Gasteiger partial charge in [0.15, 0.2) is 0 Å². The lowest BCUT2D eigenvalue weighted by Gasteiger charge is -2.29. The lowest BCUT2D eigenvalue weighted by atomic mass is 10.5. The molecule has 0 unspecified atom stereocenters. The normalized spacial score (nSPS) is 21.3. The Bertz CT molecular complexity index is 415.